The predicted octanol–water partition coefficient (Wildman–Crippen LogP) is 4.31. The molecule has 0 aliphatic rings. The highest BCUT2D eigenvalue weighted by Gasteiger charge is 2.03. The highest BCUT2D eigenvalue weighted by atomic mass is 35.5. The molecule has 0 radical (unpaired) electrons. The van der Waals surface area contributed by atoms with Crippen molar-refractivity contribution in [2.24, 2.45) is 5.11 Å². The zero-order chi connectivity index (χ0) is 11.3. The van der Waals surface area contributed by atoms with E-state index in [2.05, 4.69) is 21.9 Å². The van der Waals surface area contributed by atoms with Crippen LogP contribution in [0, 0.1) is 11.8 Å². The van der Waals surface area contributed by atoms with Gasteiger partial charge in [0.25, 0.3) is 0 Å². The molecule has 0 saturated carbocycles. The van der Waals surface area contributed by atoms with Gasteiger partial charge in [-0.3, -0.25) is 0 Å². The van der Waals surface area contributed by atoms with E-state index in [9.17, 15) is 0 Å². The monoisotopic (exact) mass is 259 g/mol. The molecule has 0 amide bonds. The van der Waals surface area contributed by atoms with E-state index in [1.807, 2.05) is 0 Å². The molecule has 0 unspecified atom stereocenters. The quantitative estimate of drug-likeness (QED) is 0.237. The van der Waals surface area contributed by atoms with E-state index < -0.39 is 0 Å². The highest BCUT2D eigenvalue weighted by molar-refractivity contribution is 6.48. The standard InChI is InChI=1S/C9H4Cl3N3/c10-7-4-6(2-1-3-14-15-13)5-8(11)9(7)12/h4-5H,3H2. The highest BCUT2D eigenvalue weighted by Crippen LogP contribution is 2.30. The molecule has 0 spiro atoms. The minimum Gasteiger partial charge on any atom is -0.0919 e. The molecular weight excluding hydrogens is 256 g/mol. The molecule has 0 N–H and O–H groups in total. The second-order valence-electron chi connectivity index (χ2n) is 2.44. The molecule has 76 valence electrons. The van der Waals surface area contributed by atoms with Gasteiger partial charge in [0.2, 0.25) is 0 Å². The zero-order valence-corrected chi connectivity index (χ0v) is 9.61. The predicted molar refractivity (Wildman–Crippen MR) is 62.4 cm³/mol. The second-order valence-corrected chi connectivity index (χ2v) is 3.64. The lowest BCUT2D eigenvalue weighted by atomic mass is 10.2. The van der Waals surface area contributed by atoms with Crippen LogP contribution in [0.1, 0.15) is 5.56 Å². The summed E-state index contributed by atoms with van der Waals surface area (Å²) in [6.07, 6.45) is 0. The number of halogens is 3. The third-order valence-electron chi connectivity index (χ3n) is 1.43. The normalized spacial score (nSPS) is 8.73. The van der Waals surface area contributed by atoms with Gasteiger partial charge in [0.15, 0.2) is 0 Å². The average molecular weight is 261 g/mol. The third kappa shape index (κ3) is 3.54. The van der Waals surface area contributed by atoms with Crippen molar-refractivity contribution in [2.45, 2.75) is 0 Å². The topological polar surface area (TPSA) is 48.8 Å². The summed E-state index contributed by atoms with van der Waals surface area (Å²) in [4.78, 5) is 2.57. The van der Waals surface area contributed by atoms with Crippen LogP contribution in [0.3, 0.4) is 0 Å². The summed E-state index contributed by atoms with van der Waals surface area (Å²) in [5.74, 6) is 5.39. The fraction of sp³-hybridized carbons (Fsp3) is 0.111. The fourth-order valence-electron chi connectivity index (χ4n) is 0.836. The third-order valence-corrected chi connectivity index (χ3v) is 2.63. The SMILES string of the molecule is [N-]=[N+]=NCC#Cc1cc(Cl)c(Cl)c(Cl)c1. The van der Waals surface area contributed by atoms with Crippen LogP contribution in [0.5, 0.6) is 0 Å². The Kier molecular flexibility index (Phi) is 4.61. The maximum Gasteiger partial charge on any atom is 0.0880 e. The molecular formula is C9H4Cl3N3. The van der Waals surface area contributed by atoms with Crippen molar-refractivity contribution in [3.63, 3.8) is 0 Å². The Morgan fingerprint density at radius 1 is 1.27 bits per heavy atom. The molecule has 0 aromatic heterocycles. The van der Waals surface area contributed by atoms with Crippen LogP contribution >= 0.6 is 34.8 Å². The average Bonchev–Trinajstić information content (AvgIpc) is 2.21. The van der Waals surface area contributed by atoms with Gasteiger partial charge in [-0.1, -0.05) is 51.8 Å². The number of nitrogens with zero attached hydrogens (tertiary/aromatic N) is 3. The van der Waals surface area contributed by atoms with Crippen molar-refractivity contribution in [1.82, 2.24) is 0 Å². The van der Waals surface area contributed by atoms with E-state index in [-0.39, 0.29) is 6.54 Å². The molecule has 0 saturated heterocycles. The Hall–Kier alpha value is -1.04. The fourth-order valence-corrected chi connectivity index (χ4v) is 1.43. The Morgan fingerprint density at radius 3 is 2.40 bits per heavy atom. The van der Waals surface area contributed by atoms with Gasteiger partial charge in [-0.2, -0.15) is 0 Å². The Labute approximate surface area is 102 Å². The van der Waals surface area contributed by atoms with E-state index in [4.69, 9.17) is 40.3 Å². The molecule has 0 aliphatic heterocycles. The summed E-state index contributed by atoms with van der Waals surface area (Å²) in [6.45, 7) is 0.106. The van der Waals surface area contributed by atoms with Crippen LogP contribution in [0.25, 0.3) is 10.4 Å². The maximum absolute atomic E-state index is 8.02. The molecule has 6 heteroatoms. The van der Waals surface area contributed by atoms with Crippen molar-refractivity contribution >= 4 is 34.8 Å². The van der Waals surface area contributed by atoms with Crippen molar-refractivity contribution in [3.05, 3.63) is 43.2 Å². The van der Waals surface area contributed by atoms with E-state index in [1.54, 1.807) is 12.1 Å². The van der Waals surface area contributed by atoms with Gasteiger partial charge in [0, 0.05) is 10.5 Å². The summed E-state index contributed by atoms with van der Waals surface area (Å²) in [5, 5.41) is 4.26. The summed E-state index contributed by atoms with van der Waals surface area (Å²) in [5.41, 5.74) is 8.65. The first kappa shape index (κ1) is 12.0. The first-order valence-corrected chi connectivity index (χ1v) is 4.93. The minimum atomic E-state index is 0.106. The van der Waals surface area contributed by atoms with Crippen molar-refractivity contribution < 1.29 is 0 Å². The summed E-state index contributed by atoms with van der Waals surface area (Å²) >= 11 is 17.3. The molecule has 1 aromatic rings. The van der Waals surface area contributed by atoms with Gasteiger partial charge in [0.1, 0.15) is 0 Å². The lowest BCUT2D eigenvalue weighted by Gasteiger charge is -1.99. The molecule has 0 aliphatic carbocycles. The molecule has 1 rings (SSSR count). The van der Waals surface area contributed by atoms with Gasteiger partial charge in [-0.25, -0.2) is 0 Å². The van der Waals surface area contributed by atoms with E-state index in [1.165, 1.54) is 0 Å². The molecule has 3 nitrogen and oxygen atoms in total. The number of rotatable bonds is 1. The molecule has 1 aromatic carbocycles. The van der Waals surface area contributed by atoms with Gasteiger partial charge in [-0.05, 0) is 17.7 Å². The van der Waals surface area contributed by atoms with Crippen LogP contribution in [0.4, 0.5) is 0 Å². The summed E-state index contributed by atoms with van der Waals surface area (Å²) in [6, 6.07) is 3.19. The second kappa shape index (κ2) is 5.75. The van der Waals surface area contributed by atoms with Gasteiger partial charge in [0.05, 0.1) is 21.6 Å². The van der Waals surface area contributed by atoms with E-state index in [0.29, 0.717) is 20.6 Å². The van der Waals surface area contributed by atoms with Crippen LogP contribution in [-0.2, 0) is 0 Å². The number of hydrogen-bond donors (Lipinski definition) is 0. The van der Waals surface area contributed by atoms with Crippen LogP contribution in [0.15, 0.2) is 17.2 Å². The minimum absolute atomic E-state index is 0.106. The van der Waals surface area contributed by atoms with Crippen LogP contribution in [0.2, 0.25) is 15.1 Å². The first-order valence-electron chi connectivity index (χ1n) is 3.79. The van der Waals surface area contributed by atoms with E-state index >= 15 is 0 Å². The Balaban J connectivity index is 2.95. The van der Waals surface area contributed by atoms with Crippen molar-refractivity contribution in [1.29, 1.82) is 0 Å². The molecule has 0 bridgehead atoms. The number of benzene rings is 1. The van der Waals surface area contributed by atoms with Crippen LogP contribution in [-0.4, -0.2) is 6.54 Å². The summed E-state index contributed by atoms with van der Waals surface area (Å²) < 4.78 is 0. The molecule has 0 heterocycles. The Morgan fingerprint density at radius 2 is 1.87 bits per heavy atom. The largest absolute Gasteiger partial charge is 0.0919 e. The van der Waals surface area contributed by atoms with Gasteiger partial charge in [-0.15, -0.1) is 0 Å². The molecule has 0 fully saturated rings. The lowest BCUT2D eigenvalue weighted by molar-refractivity contribution is 1.25. The first-order chi connectivity index (χ1) is 7.15. The van der Waals surface area contributed by atoms with E-state index in [0.717, 1.165) is 0 Å². The zero-order valence-electron chi connectivity index (χ0n) is 7.34. The van der Waals surface area contributed by atoms with Crippen molar-refractivity contribution in [3.8, 4) is 11.8 Å². The Bertz CT molecular complexity index is 458. The smallest absolute Gasteiger partial charge is 0.0880 e. The summed E-state index contributed by atoms with van der Waals surface area (Å²) in [7, 11) is 0. The number of hydrogen-bond acceptors (Lipinski definition) is 1. The number of azide groups is 1. The molecule has 15 heavy (non-hydrogen) atoms. The molecule has 0 atom stereocenters. The van der Waals surface area contributed by atoms with Gasteiger partial charge < -0.3 is 0 Å². The van der Waals surface area contributed by atoms with Gasteiger partial charge >= 0.3 is 0 Å². The maximum atomic E-state index is 8.02. The van der Waals surface area contributed by atoms with Crippen molar-refractivity contribution in [2.75, 3.05) is 6.54 Å². The lowest BCUT2D eigenvalue weighted by Crippen LogP contribution is -1.79. The van der Waals surface area contributed by atoms with Crippen LogP contribution < -0.4 is 0 Å².